The van der Waals surface area contributed by atoms with E-state index in [1.54, 1.807) is 0 Å². The van der Waals surface area contributed by atoms with Crippen LogP contribution in [0.5, 0.6) is 0 Å². The van der Waals surface area contributed by atoms with Gasteiger partial charge in [-0.2, -0.15) is 0 Å². The molecule has 17 nitrogen and oxygen atoms in total. The Balaban J connectivity index is 1.89. The summed E-state index contributed by atoms with van der Waals surface area (Å²) in [6, 6.07) is -4.50. The number of aliphatic hydroxyl groups is 5. The van der Waals surface area contributed by atoms with E-state index in [9.17, 15) is 30.3 Å². The van der Waals surface area contributed by atoms with E-state index < -0.39 is 98.1 Å². The number of nitrogens with two attached hydrogens (primary N) is 5. The third-order valence-electron chi connectivity index (χ3n) is 8.30. The topological polar surface area (TPSA) is 306 Å². The fourth-order valence-electron chi connectivity index (χ4n) is 5.55. The van der Waals surface area contributed by atoms with Gasteiger partial charge in [-0.15, -0.1) is 0 Å². The zero-order valence-corrected chi connectivity index (χ0v) is 24.6. The van der Waals surface area contributed by atoms with Gasteiger partial charge >= 0.3 is 0 Å². The second-order valence-electron chi connectivity index (χ2n) is 11.5. The zero-order chi connectivity index (χ0) is 31.8. The molecule has 3 rings (SSSR count). The summed E-state index contributed by atoms with van der Waals surface area (Å²) >= 11 is 0. The maximum Gasteiger partial charge on any atom is 0.249 e. The van der Waals surface area contributed by atoms with Gasteiger partial charge in [-0.3, -0.25) is 4.79 Å². The minimum Gasteiger partial charge on any atom is -0.394 e. The predicted octanol–water partition coefficient (Wildman–Crippen LogP) is -5.60. The molecule has 0 aromatic rings. The smallest absolute Gasteiger partial charge is 0.249 e. The quantitative estimate of drug-likeness (QED) is 0.0802. The lowest BCUT2D eigenvalue weighted by molar-refractivity contribution is -0.319. The first-order valence-electron chi connectivity index (χ1n) is 15.0. The molecule has 3 fully saturated rings. The van der Waals surface area contributed by atoms with Gasteiger partial charge in [0.2, 0.25) is 5.91 Å². The Morgan fingerprint density at radius 2 is 1.63 bits per heavy atom. The number of hydrogen-bond acceptors (Lipinski definition) is 16. The lowest BCUT2D eigenvalue weighted by Gasteiger charge is -2.50. The summed E-state index contributed by atoms with van der Waals surface area (Å²) in [5.41, 5.74) is 30.0. The molecule has 2 saturated heterocycles. The molecular weight excluding hydrogens is 572 g/mol. The van der Waals surface area contributed by atoms with Gasteiger partial charge in [0.1, 0.15) is 42.7 Å². The van der Waals surface area contributed by atoms with Gasteiger partial charge in [0.05, 0.1) is 43.0 Å². The van der Waals surface area contributed by atoms with Gasteiger partial charge in [0, 0.05) is 13.2 Å². The van der Waals surface area contributed by atoms with Gasteiger partial charge in [-0.1, -0.05) is 13.3 Å². The average molecular weight is 625 g/mol. The van der Waals surface area contributed by atoms with Crippen molar-refractivity contribution in [2.75, 3.05) is 26.3 Å². The van der Waals surface area contributed by atoms with E-state index in [2.05, 4.69) is 5.32 Å². The first-order chi connectivity index (χ1) is 20.5. The van der Waals surface area contributed by atoms with E-state index in [0.717, 1.165) is 6.42 Å². The molecule has 2 heterocycles. The summed E-state index contributed by atoms with van der Waals surface area (Å²) in [5, 5.41) is 56.3. The van der Waals surface area contributed by atoms with Crippen LogP contribution in [-0.4, -0.2) is 149 Å². The number of unbranched alkanes of at least 4 members (excludes halogenated alkanes) is 1. The Bertz CT molecular complexity index is 849. The van der Waals surface area contributed by atoms with E-state index in [0.29, 0.717) is 25.9 Å². The first-order valence-corrected chi connectivity index (χ1v) is 15.0. The molecule has 1 aliphatic carbocycles. The molecule has 15 atom stereocenters. The number of rotatable bonds is 14. The van der Waals surface area contributed by atoms with Gasteiger partial charge in [0.25, 0.3) is 0 Å². The minimum absolute atomic E-state index is 0.145. The molecule has 1 saturated carbocycles. The molecule has 0 spiro atoms. The van der Waals surface area contributed by atoms with Crippen LogP contribution in [0, 0.1) is 0 Å². The van der Waals surface area contributed by atoms with Crippen molar-refractivity contribution >= 4 is 5.91 Å². The van der Waals surface area contributed by atoms with Crippen LogP contribution in [-0.2, 0) is 28.5 Å². The van der Waals surface area contributed by atoms with E-state index in [1.165, 1.54) is 0 Å². The molecule has 1 amide bonds. The highest BCUT2D eigenvalue weighted by atomic mass is 16.7. The minimum atomic E-state index is -1.64. The van der Waals surface area contributed by atoms with Gasteiger partial charge in [0.15, 0.2) is 12.6 Å². The molecule has 2 aliphatic heterocycles. The second-order valence-corrected chi connectivity index (χ2v) is 11.5. The number of carbonyl (C=O) groups excluding carboxylic acids is 1. The largest absolute Gasteiger partial charge is 0.394 e. The number of hydrogen-bond donors (Lipinski definition) is 11. The number of nitrogens with one attached hydrogen (secondary N) is 1. The fourth-order valence-corrected chi connectivity index (χ4v) is 5.55. The SMILES string of the molecule is CCCCO[C@@H](CCN)C(=O)NC1C(O)[C@H](N)C(O[C@H]2OC(CN)CCC2N)C(O)[C@H]1O[C@H]1OC(CO)[C@@H](O)C(N)C1O. The van der Waals surface area contributed by atoms with E-state index >= 15 is 0 Å². The van der Waals surface area contributed by atoms with Gasteiger partial charge in [-0.05, 0) is 32.2 Å². The lowest BCUT2D eigenvalue weighted by Crippen LogP contribution is -2.74. The van der Waals surface area contributed by atoms with E-state index in [-0.39, 0.29) is 25.6 Å². The Kier molecular flexibility index (Phi) is 14.3. The van der Waals surface area contributed by atoms with Crippen molar-refractivity contribution in [2.45, 2.75) is 131 Å². The molecule has 17 heteroatoms. The van der Waals surface area contributed by atoms with Crippen LogP contribution < -0.4 is 34.0 Å². The highest BCUT2D eigenvalue weighted by Gasteiger charge is 2.54. The number of ether oxygens (including phenoxy) is 5. The van der Waals surface area contributed by atoms with Crippen LogP contribution in [0.3, 0.4) is 0 Å². The van der Waals surface area contributed by atoms with Gasteiger partial charge < -0.3 is 83.2 Å². The lowest BCUT2D eigenvalue weighted by atomic mass is 9.81. The van der Waals surface area contributed by atoms with Crippen molar-refractivity contribution in [1.29, 1.82) is 0 Å². The van der Waals surface area contributed by atoms with Crippen molar-refractivity contribution < 1.29 is 54.0 Å². The molecule has 0 aromatic heterocycles. The summed E-state index contributed by atoms with van der Waals surface area (Å²) in [4.78, 5) is 13.3. The molecule has 0 aromatic carbocycles. The predicted molar refractivity (Wildman–Crippen MR) is 151 cm³/mol. The molecule has 16 N–H and O–H groups in total. The fraction of sp³-hybridized carbons (Fsp3) is 0.962. The zero-order valence-electron chi connectivity index (χ0n) is 24.6. The van der Waals surface area contributed by atoms with E-state index in [1.807, 2.05) is 6.92 Å². The summed E-state index contributed by atoms with van der Waals surface area (Å²) in [6.07, 6.45) is -11.3. The summed E-state index contributed by atoms with van der Waals surface area (Å²) in [7, 11) is 0. The van der Waals surface area contributed by atoms with Gasteiger partial charge in [-0.25, -0.2) is 0 Å². The van der Waals surface area contributed by atoms with Crippen LogP contribution in [0.2, 0.25) is 0 Å². The van der Waals surface area contributed by atoms with Crippen molar-refractivity contribution in [3.8, 4) is 0 Å². The Morgan fingerprint density at radius 1 is 0.930 bits per heavy atom. The summed E-state index contributed by atoms with van der Waals surface area (Å²) in [6.45, 7) is 1.98. The highest BCUT2D eigenvalue weighted by molar-refractivity contribution is 5.81. The maximum atomic E-state index is 13.3. The van der Waals surface area contributed by atoms with Crippen LogP contribution in [0.15, 0.2) is 0 Å². The molecular formula is C26H52N6O11. The second kappa shape index (κ2) is 17.0. The highest BCUT2D eigenvalue weighted by Crippen LogP contribution is 2.32. The third kappa shape index (κ3) is 8.78. The number of aliphatic hydroxyl groups excluding tert-OH is 5. The number of amides is 1. The Morgan fingerprint density at radius 3 is 2.26 bits per heavy atom. The van der Waals surface area contributed by atoms with E-state index in [4.69, 9.17) is 52.4 Å². The van der Waals surface area contributed by atoms with Crippen LogP contribution >= 0.6 is 0 Å². The van der Waals surface area contributed by atoms with Crippen LogP contribution in [0.1, 0.15) is 39.0 Å². The summed E-state index contributed by atoms with van der Waals surface area (Å²) in [5.74, 6) is -0.633. The summed E-state index contributed by atoms with van der Waals surface area (Å²) < 4.78 is 29.1. The third-order valence-corrected chi connectivity index (χ3v) is 8.30. The molecule has 3 aliphatic rings. The molecule has 9 unspecified atom stereocenters. The standard InChI is InChI=1S/C26H52N6O11/c1-2-3-8-39-13(6-7-27)24(38)32-17-19(35)16(31)22(42-25-12(29)5-4-11(9-28)40-25)21(37)23(17)43-26-20(36)15(30)18(34)14(10-33)41-26/h11-23,25-26,33-37H,2-10,27-31H2,1H3,(H,32,38)/t11?,12?,13-,14?,15?,16-,17?,18+,19?,20?,21?,22?,23-,25+,26+/m0/s1. The maximum absolute atomic E-state index is 13.3. The van der Waals surface area contributed by atoms with Crippen LogP contribution in [0.25, 0.3) is 0 Å². The molecule has 252 valence electrons. The monoisotopic (exact) mass is 624 g/mol. The first kappa shape index (κ1) is 36.3. The van der Waals surface area contributed by atoms with Crippen molar-refractivity contribution in [3.63, 3.8) is 0 Å². The Hall–Kier alpha value is -1.13. The van der Waals surface area contributed by atoms with Crippen molar-refractivity contribution in [2.24, 2.45) is 28.7 Å². The van der Waals surface area contributed by atoms with Crippen molar-refractivity contribution in [1.82, 2.24) is 5.32 Å². The molecule has 43 heavy (non-hydrogen) atoms. The average Bonchev–Trinajstić information content (AvgIpc) is 3.00. The number of carbonyl (C=O) groups is 1. The van der Waals surface area contributed by atoms with Crippen LogP contribution in [0.4, 0.5) is 0 Å². The molecule has 0 bridgehead atoms. The van der Waals surface area contributed by atoms with Crippen molar-refractivity contribution in [3.05, 3.63) is 0 Å². The normalized spacial score (nSPS) is 42.9. The Labute approximate surface area is 251 Å². The molecule has 0 radical (unpaired) electrons.